The molecular formula is C16H11Cl3N2O2. The predicted molar refractivity (Wildman–Crippen MR) is 91.3 cm³/mol. The molecule has 1 N–H and O–H groups in total. The number of amides is 1. The van der Waals surface area contributed by atoms with Crippen LogP contribution in [0.5, 0.6) is 5.75 Å². The van der Waals surface area contributed by atoms with Crippen molar-refractivity contribution in [2.24, 2.45) is 0 Å². The van der Waals surface area contributed by atoms with E-state index in [0.717, 1.165) is 0 Å². The van der Waals surface area contributed by atoms with Gasteiger partial charge in [0.15, 0.2) is 6.10 Å². The molecule has 118 valence electrons. The van der Waals surface area contributed by atoms with Gasteiger partial charge in [0.25, 0.3) is 5.91 Å². The van der Waals surface area contributed by atoms with Crippen molar-refractivity contribution in [1.82, 2.24) is 0 Å². The summed E-state index contributed by atoms with van der Waals surface area (Å²) in [5.41, 5.74) is 0.842. The monoisotopic (exact) mass is 368 g/mol. The summed E-state index contributed by atoms with van der Waals surface area (Å²) in [4.78, 5) is 12.2. The van der Waals surface area contributed by atoms with E-state index < -0.39 is 12.0 Å². The SMILES string of the molecule is C[C@@H](Oc1ccc(C#N)cc1Cl)C(=O)Nc1ccc(Cl)cc1Cl. The van der Waals surface area contributed by atoms with E-state index in [1.165, 1.54) is 12.1 Å². The molecule has 4 nitrogen and oxygen atoms in total. The van der Waals surface area contributed by atoms with Crippen LogP contribution >= 0.6 is 34.8 Å². The molecule has 0 radical (unpaired) electrons. The van der Waals surface area contributed by atoms with Crippen molar-refractivity contribution in [1.29, 1.82) is 5.26 Å². The number of ether oxygens (including phenoxy) is 1. The number of rotatable bonds is 4. The second kappa shape index (κ2) is 7.56. The van der Waals surface area contributed by atoms with Crippen LogP contribution in [-0.4, -0.2) is 12.0 Å². The number of nitrogens with zero attached hydrogens (tertiary/aromatic N) is 1. The Morgan fingerprint density at radius 3 is 2.52 bits per heavy atom. The van der Waals surface area contributed by atoms with E-state index in [-0.39, 0.29) is 5.02 Å². The second-order valence-electron chi connectivity index (χ2n) is 4.63. The number of carbonyl (C=O) groups is 1. The maximum absolute atomic E-state index is 12.2. The van der Waals surface area contributed by atoms with E-state index in [0.29, 0.717) is 27.0 Å². The minimum Gasteiger partial charge on any atom is -0.479 e. The van der Waals surface area contributed by atoms with Gasteiger partial charge in [-0.05, 0) is 43.3 Å². The minimum atomic E-state index is -0.813. The maximum atomic E-state index is 12.2. The molecule has 2 aromatic carbocycles. The molecule has 1 atom stereocenters. The van der Waals surface area contributed by atoms with Gasteiger partial charge in [-0.15, -0.1) is 0 Å². The molecular weight excluding hydrogens is 359 g/mol. The summed E-state index contributed by atoms with van der Waals surface area (Å²) < 4.78 is 5.52. The van der Waals surface area contributed by atoms with Crippen LogP contribution in [0, 0.1) is 11.3 Å². The Morgan fingerprint density at radius 2 is 1.91 bits per heavy atom. The van der Waals surface area contributed by atoms with Crippen LogP contribution in [0.4, 0.5) is 5.69 Å². The van der Waals surface area contributed by atoms with E-state index in [4.69, 9.17) is 44.8 Å². The van der Waals surface area contributed by atoms with Crippen LogP contribution in [0.2, 0.25) is 15.1 Å². The molecule has 0 unspecified atom stereocenters. The zero-order chi connectivity index (χ0) is 17.0. The number of hydrogen-bond acceptors (Lipinski definition) is 3. The normalized spacial score (nSPS) is 11.4. The third kappa shape index (κ3) is 4.52. The van der Waals surface area contributed by atoms with E-state index in [1.807, 2.05) is 6.07 Å². The van der Waals surface area contributed by atoms with E-state index in [9.17, 15) is 4.79 Å². The van der Waals surface area contributed by atoms with Crippen molar-refractivity contribution in [3.05, 3.63) is 57.0 Å². The van der Waals surface area contributed by atoms with Gasteiger partial charge in [-0.3, -0.25) is 4.79 Å². The van der Waals surface area contributed by atoms with Gasteiger partial charge in [-0.1, -0.05) is 34.8 Å². The summed E-state index contributed by atoms with van der Waals surface area (Å²) in [5.74, 6) is -0.0785. The maximum Gasteiger partial charge on any atom is 0.265 e. The Kier molecular flexibility index (Phi) is 5.73. The molecule has 0 aromatic heterocycles. The van der Waals surface area contributed by atoms with Crippen LogP contribution in [0.3, 0.4) is 0 Å². The van der Waals surface area contributed by atoms with E-state index >= 15 is 0 Å². The van der Waals surface area contributed by atoms with Crippen LogP contribution in [0.25, 0.3) is 0 Å². The summed E-state index contributed by atoms with van der Waals surface area (Å²) in [6, 6.07) is 11.3. The van der Waals surface area contributed by atoms with Crippen LogP contribution in [-0.2, 0) is 4.79 Å². The summed E-state index contributed by atoms with van der Waals surface area (Å²) in [7, 11) is 0. The molecule has 1 amide bonds. The average molecular weight is 370 g/mol. The first-order valence-corrected chi connectivity index (χ1v) is 7.66. The van der Waals surface area contributed by atoms with Crippen molar-refractivity contribution in [2.45, 2.75) is 13.0 Å². The number of carbonyl (C=O) groups excluding carboxylic acids is 1. The zero-order valence-corrected chi connectivity index (χ0v) is 14.2. The Bertz CT molecular complexity index is 787. The first-order valence-electron chi connectivity index (χ1n) is 6.53. The van der Waals surface area contributed by atoms with Gasteiger partial charge in [0.2, 0.25) is 0 Å². The first-order chi connectivity index (χ1) is 10.9. The molecule has 2 aromatic rings. The van der Waals surface area contributed by atoms with Gasteiger partial charge < -0.3 is 10.1 Å². The fourth-order valence-electron chi connectivity index (χ4n) is 1.74. The second-order valence-corrected chi connectivity index (χ2v) is 5.88. The lowest BCUT2D eigenvalue weighted by Crippen LogP contribution is -2.30. The van der Waals surface area contributed by atoms with Gasteiger partial charge >= 0.3 is 0 Å². The van der Waals surface area contributed by atoms with Crippen molar-refractivity contribution < 1.29 is 9.53 Å². The molecule has 0 aliphatic rings. The molecule has 7 heteroatoms. The fourth-order valence-corrected chi connectivity index (χ4v) is 2.42. The van der Waals surface area contributed by atoms with Crippen LogP contribution < -0.4 is 10.1 Å². The number of anilines is 1. The largest absolute Gasteiger partial charge is 0.479 e. The number of hydrogen-bond donors (Lipinski definition) is 1. The molecule has 0 aliphatic heterocycles. The summed E-state index contributed by atoms with van der Waals surface area (Å²) in [5, 5.41) is 12.5. The van der Waals surface area contributed by atoms with Gasteiger partial charge in [0.05, 0.1) is 27.4 Å². The van der Waals surface area contributed by atoms with Crippen LogP contribution in [0.15, 0.2) is 36.4 Å². The third-order valence-electron chi connectivity index (χ3n) is 2.92. The van der Waals surface area contributed by atoms with Crippen LogP contribution in [0.1, 0.15) is 12.5 Å². The Labute approximate surface area is 148 Å². The highest BCUT2D eigenvalue weighted by Gasteiger charge is 2.17. The lowest BCUT2D eigenvalue weighted by atomic mass is 10.2. The van der Waals surface area contributed by atoms with Gasteiger partial charge in [-0.25, -0.2) is 0 Å². The molecule has 0 spiro atoms. The van der Waals surface area contributed by atoms with Crippen molar-refractivity contribution >= 4 is 46.4 Å². The van der Waals surface area contributed by atoms with Gasteiger partial charge in [0.1, 0.15) is 5.75 Å². The van der Waals surface area contributed by atoms with Crippen molar-refractivity contribution in [3.8, 4) is 11.8 Å². The molecule has 0 saturated heterocycles. The highest BCUT2D eigenvalue weighted by molar-refractivity contribution is 6.36. The third-order valence-corrected chi connectivity index (χ3v) is 3.77. The number of benzene rings is 2. The van der Waals surface area contributed by atoms with E-state index in [1.54, 1.807) is 31.2 Å². The molecule has 23 heavy (non-hydrogen) atoms. The Morgan fingerprint density at radius 1 is 1.17 bits per heavy atom. The highest BCUT2D eigenvalue weighted by Crippen LogP contribution is 2.28. The Balaban J connectivity index is 2.07. The quantitative estimate of drug-likeness (QED) is 0.831. The van der Waals surface area contributed by atoms with Gasteiger partial charge in [-0.2, -0.15) is 5.26 Å². The highest BCUT2D eigenvalue weighted by atomic mass is 35.5. The minimum absolute atomic E-state index is 0.258. The molecule has 0 heterocycles. The standard InChI is InChI=1S/C16H11Cl3N2O2/c1-9(23-15-5-2-10(8-20)6-13(15)19)16(22)21-14-4-3-11(17)7-12(14)18/h2-7,9H,1H3,(H,21,22)/t9-/m1/s1. The summed E-state index contributed by atoms with van der Waals surface area (Å²) in [6.45, 7) is 1.58. The van der Waals surface area contributed by atoms with E-state index in [2.05, 4.69) is 5.32 Å². The molecule has 0 bridgehead atoms. The average Bonchev–Trinajstić information content (AvgIpc) is 2.51. The zero-order valence-electron chi connectivity index (χ0n) is 11.9. The van der Waals surface area contributed by atoms with Crippen molar-refractivity contribution in [2.75, 3.05) is 5.32 Å². The number of halogens is 3. The smallest absolute Gasteiger partial charge is 0.265 e. The lowest BCUT2D eigenvalue weighted by molar-refractivity contribution is -0.122. The Hall–Kier alpha value is -1.93. The molecule has 2 rings (SSSR count). The molecule has 0 fully saturated rings. The lowest BCUT2D eigenvalue weighted by Gasteiger charge is -2.16. The first kappa shape index (κ1) is 17.4. The topological polar surface area (TPSA) is 62.1 Å². The summed E-state index contributed by atoms with van der Waals surface area (Å²) >= 11 is 17.8. The van der Waals surface area contributed by atoms with Crippen molar-refractivity contribution in [3.63, 3.8) is 0 Å². The molecule has 0 aliphatic carbocycles. The number of nitrogens with one attached hydrogen (secondary N) is 1. The van der Waals surface area contributed by atoms with Gasteiger partial charge in [0, 0.05) is 5.02 Å². The predicted octanol–water partition coefficient (Wildman–Crippen LogP) is 4.92. The number of nitriles is 1. The molecule has 0 saturated carbocycles. The fraction of sp³-hybridized carbons (Fsp3) is 0.125. The summed E-state index contributed by atoms with van der Waals surface area (Å²) in [6.07, 6.45) is -0.813.